The monoisotopic (exact) mass is 292 g/mol. The third-order valence-corrected chi connectivity index (χ3v) is 3.38. The van der Waals surface area contributed by atoms with Crippen molar-refractivity contribution in [3.63, 3.8) is 0 Å². The largest absolute Gasteiger partial charge is 0.478 e. The van der Waals surface area contributed by atoms with Crippen LogP contribution in [0.5, 0.6) is 0 Å². The van der Waals surface area contributed by atoms with Gasteiger partial charge in [0.1, 0.15) is 0 Å². The van der Waals surface area contributed by atoms with Crippen molar-refractivity contribution in [2.75, 3.05) is 13.1 Å². The molecular weight excluding hydrogens is 268 g/mol. The van der Waals surface area contributed by atoms with Gasteiger partial charge in [0.25, 0.3) is 5.91 Å². The first kappa shape index (κ1) is 17.2. The lowest BCUT2D eigenvalue weighted by Gasteiger charge is -2.30. The molecule has 0 aliphatic rings. The number of aromatic carboxylic acids is 1. The number of amides is 1. The van der Waals surface area contributed by atoms with Gasteiger partial charge in [-0.2, -0.15) is 0 Å². The summed E-state index contributed by atoms with van der Waals surface area (Å²) in [5, 5.41) is 11.7. The Labute approximate surface area is 126 Å². The standard InChI is InChI=1S/C16H24N2O3/c1-11(2)18(12(3)4)10-9-17-15(19)13-5-7-14(8-6-13)16(20)21/h5-8,11-12H,9-10H2,1-4H3,(H,17,19)(H,20,21). The van der Waals surface area contributed by atoms with E-state index in [1.807, 2.05) is 0 Å². The van der Waals surface area contributed by atoms with Crippen molar-refractivity contribution in [1.29, 1.82) is 0 Å². The molecule has 0 aromatic heterocycles. The molecule has 5 heteroatoms. The van der Waals surface area contributed by atoms with Crippen LogP contribution >= 0.6 is 0 Å². The number of nitrogens with one attached hydrogen (secondary N) is 1. The maximum atomic E-state index is 12.0. The molecule has 1 aromatic carbocycles. The van der Waals surface area contributed by atoms with Gasteiger partial charge in [0.15, 0.2) is 0 Å². The van der Waals surface area contributed by atoms with Gasteiger partial charge >= 0.3 is 5.97 Å². The van der Waals surface area contributed by atoms with Crippen LogP contribution in [0.3, 0.4) is 0 Å². The number of hydrogen-bond acceptors (Lipinski definition) is 3. The molecule has 0 unspecified atom stereocenters. The van der Waals surface area contributed by atoms with Crippen molar-refractivity contribution in [2.45, 2.75) is 39.8 Å². The summed E-state index contributed by atoms with van der Waals surface area (Å²) in [6.07, 6.45) is 0. The second-order valence-corrected chi connectivity index (χ2v) is 5.56. The molecule has 0 aliphatic carbocycles. The van der Waals surface area contributed by atoms with Crippen molar-refractivity contribution in [1.82, 2.24) is 10.2 Å². The van der Waals surface area contributed by atoms with Gasteiger partial charge in [-0.1, -0.05) is 0 Å². The molecule has 0 fully saturated rings. The molecule has 5 nitrogen and oxygen atoms in total. The van der Waals surface area contributed by atoms with E-state index in [4.69, 9.17) is 5.11 Å². The molecule has 0 radical (unpaired) electrons. The molecule has 0 saturated carbocycles. The summed E-state index contributed by atoms with van der Waals surface area (Å²) in [6, 6.07) is 6.79. The molecule has 0 heterocycles. The summed E-state index contributed by atoms with van der Waals surface area (Å²) >= 11 is 0. The fourth-order valence-electron chi connectivity index (χ4n) is 2.28. The molecule has 0 spiro atoms. The molecule has 21 heavy (non-hydrogen) atoms. The van der Waals surface area contributed by atoms with Crippen LogP contribution in [0.4, 0.5) is 0 Å². The predicted molar refractivity (Wildman–Crippen MR) is 82.7 cm³/mol. The first-order valence-corrected chi connectivity index (χ1v) is 7.20. The third kappa shape index (κ3) is 5.19. The van der Waals surface area contributed by atoms with Crippen LogP contribution < -0.4 is 5.32 Å². The molecule has 0 atom stereocenters. The van der Waals surface area contributed by atoms with Gasteiger partial charge in [-0.15, -0.1) is 0 Å². The Balaban J connectivity index is 2.52. The maximum absolute atomic E-state index is 12.0. The van der Waals surface area contributed by atoms with Gasteiger partial charge in [0.05, 0.1) is 5.56 Å². The molecule has 116 valence electrons. The lowest BCUT2D eigenvalue weighted by molar-refractivity contribution is 0.0696. The van der Waals surface area contributed by atoms with E-state index in [1.54, 1.807) is 0 Å². The Hall–Kier alpha value is -1.88. The van der Waals surface area contributed by atoms with Crippen LogP contribution in [-0.2, 0) is 0 Å². The molecule has 0 bridgehead atoms. The molecule has 1 aromatic rings. The van der Waals surface area contributed by atoms with Crippen LogP contribution in [0.1, 0.15) is 48.4 Å². The van der Waals surface area contributed by atoms with Gasteiger partial charge < -0.3 is 10.4 Å². The third-order valence-electron chi connectivity index (χ3n) is 3.38. The molecule has 0 saturated heterocycles. The SMILES string of the molecule is CC(C)N(CCNC(=O)c1ccc(C(=O)O)cc1)C(C)C. The zero-order valence-corrected chi connectivity index (χ0v) is 13.1. The van der Waals surface area contributed by atoms with Crippen LogP contribution in [0.25, 0.3) is 0 Å². The minimum atomic E-state index is -0.994. The highest BCUT2D eigenvalue weighted by Gasteiger charge is 2.13. The highest BCUT2D eigenvalue weighted by atomic mass is 16.4. The van der Waals surface area contributed by atoms with Crippen molar-refractivity contribution >= 4 is 11.9 Å². The minimum absolute atomic E-state index is 0.178. The predicted octanol–water partition coefficient (Wildman–Crippen LogP) is 2.23. The smallest absolute Gasteiger partial charge is 0.335 e. The summed E-state index contributed by atoms with van der Waals surface area (Å²) in [5.41, 5.74) is 0.651. The zero-order chi connectivity index (χ0) is 16.0. The minimum Gasteiger partial charge on any atom is -0.478 e. The summed E-state index contributed by atoms with van der Waals surface area (Å²) < 4.78 is 0. The van der Waals surface area contributed by atoms with E-state index in [0.717, 1.165) is 6.54 Å². The van der Waals surface area contributed by atoms with Gasteiger partial charge in [-0.25, -0.2) is 4.79 Å². The summed E-state index contributed by atoms with van der Waals surface area (Å²) in [5.74, 6) is -1.18. The summed E-state index contributed by atoms with van der Waals surface area (Å²) in [6.45, 7) is 9.88. The van der Waals surface area contributed by atoms with Crippen LogP contribution in [0, 0.1) is 0 Å². The number of rotatable bonds is 7. The highest BCUT2D eigenvalue weighted by Crippen LogP contribution is 2.05. The van der Waals surface area contributed by atoms with E-state index in [0.29, 0.717) is 24.2 Å². The zero-order valence-electron chi connectivity index (χ0n) is 13.1. The van der Waals surface area contributed by atoms with E-state index >= 15 is 0 Å². The maximum Gasteiger partial charge on any atom is 0.335 e. The van der Waals surface area contributed by atoms with Crippen molar-refractivity contribution in [2.24, 2.45) is 0 Å². The first-order valence-electron chi connectivity index (χ1n) is 7.20. The quantitative estimate of drug-likeness (QED) is 0.808. The van der Waals surface area contributed by atoms with Crippen LogP contribution in [0.15, 0.2) is 24.3 Å². The van der Waals surface area contributed by atoms with Crippen molar-refractivity contribution < 1.29 is 14.7 Å². The fraction of sp³-hybridized carbons (Fsp3) is 0.500. The van der Waals surface area contributed by atoms with Gasteiger partial charge in [0.2, 0.25) is 0 Å². The van der Waals surface area contributed by atoms with E-state index in [9.17, 15) is 9.59 Å². The first-order chi connectivity index (χ1) is 9.82. The highest BCUT2D eigenvalue weighted by molar-refractivity contribution is 5.95. The molecule has 0 aliphatic heterocycles. The Bertz CT molecular complexity index is 473. The Kier molecular flexibility index (Phi) is 6.37. The number of hydrogen-bond donors (Lipinski definition) is 2. The van der Waals surface area contributed by atoms with Gasteiger partial charge in [-0.3, -0.25) is 9.69 Å². The van der Waals surface area contributed by atoms with E-state index in [-0.39, 0.29) is 11.5 Å². The number of nitrogens with zero attached hydrogens (tertiary/aromatic N) is 1. The van der Waals surface area contributed by atoms with Crippen LogP contribution in [-0.4, -0.2) is 47.1 Å². The van der Waals surface area contributed by atoms with Crippen LogP contribution in [0.2, 0.25) is 0 Å². The second kappa shape index (κ2) is 7.78. The number of carboxylic acid groups (broad SMARTS) is 1. The second-order valence-electron chi connectivity index (χ2n) is 5.56. The average molecular weight is 292 g/mol. The van der Waals surface area contributed by atoms with E-state index in [2.05, 4.69) is 37.9 Å². The molecule has 1 rings (SSSR count). The number of carbonyl (C=O) groups is 2. The summed E-state index contributed by atoms with van der Waals surface area (Å²) in [7, 11) is 0. The summed E-state index contributed by atoms with van der Waals surface area (Å²) in [4.78, 5) is 25.0. The number of carbonyl (C=O) groups excluding carboxylic acids is 1. The van der Waals surface area contributed by atoms with Crippen molar-refractivity contribution in [3.8, 4) is 0 Å². The topological polar surface area (TPSA) is 69.6 Å². The Morgan fingerprint density at radius 3 is 1.95 bits per heavy atom. The lowest BCUT2D eigenvalue weighted by Crippen LogP contribution is -2.42. The number of carboxylic acids is 1. The Morgan fingerprint density at radius 1 is 1.05 bits per heavy atom. The van der Waals surface area contributed by atoms with Gasteiger partial charge in [0, 0.05) is 30.7 Å². The molecular formula is C16H24N2O3. The normalized spacial score (nSPS) is 11.2. The molecule has 1 amide bonds. The Morgan fingerprint density at radius 2 is 1.52 bits per heavy atom. The van der Waals surface area contributed by atoms with E-state index < -0.39 is 5.97 Å². The van der Waals surface area contributed by atoms with E-state index in [1.165, 1.54) is 24.3 Å². The van der Waals surface area contributed by atoms with Gasteiger partial charge in [-0.05, 0) is 52.0 Å². The number of benzene rings is 1. The molecule has 2 N–H and O–H groups in total. The lowest BCUT2D eigenvalue weighted by atomic mass is 10.1. The average Bonchev–Trinajstić information content (AvgIpc) is 2.42. The fourth-order valence-corrected chi connectivity index (χ4v) is 2.28. The van der Waals surface area contributed by atoms with Crippen molar-refractivity contribution in [3.05, 3.63) is 35.4 Å².